The van der Waals surface area contributed by atoms with Crippen molar-refractivity contribution in [2.45, 2.75) is 26.2 Å². The summed E-state index contributed by atoms with van der Waals surface area (Å²) in [6.07, 6.45) is -0.301. The van der Waals surface area contributed by atoms with Gasteiger partial charge >= 0.3 is 5.97 Å². The number of carbonyl (C=O) groups is 3. The first kappa shape index (κ1) is 17.1. The van der Waals surface area contributed by atoms with Crippen LogP contribution in [-0.4, -0.2) is 58.9 Å². The molecule has 0 saturated carbocycles. The van der Waals surface area contributed by atoms with Gasteiger partial charge in [-0.25, -0.2) is 0 Å². The molecule has 0 aliphatic carbocycles. The van der Waals surface area contributed by atoms with Crippen LogP contribution in [0.5, 0.6) is 0 Å². The molecular formula is C17H22N2O4. The number of hydrogen-bond acceptors (Lipinski definition) is 4. The Labute approximate surface area is 135 Å². The molecule has 1 aliphatic rings. The predicted molar refractivity (Wildman–Crippen MR) is 85.3 cm³/mol. The Balaban J connectivity index is 2.29. The van der Waals surface area contributed by atoms with E-state index in [9.17, 15) is 14.4 Å². The van der Waals surface area contributed by atoms with Gasteiger partial charge in [-0.05, 0) is 24.7 Å². The zero-order chi connectivity index (χ0) is 17.0. The van der Waals surface area contributed by atoms with Gasteiger partial charge in [0.25, 0.3) is 5.91 Å². The number of nitrogens with zero attached hydrogens (tertiary/aromatic N) is 2. The standard InChI is InChI=1S/C17H22N2O4/c1-3-18(4-2)9-10-19-16(22)13-8-6-5-7-12(13)14(17(19)23)11-15(20)21/h5-8,14H,3-4,9-11H2,1-2H3,(H,20,21). The van der Waals surface area contributed by atoms with Crippen molar-refractivity contribution in [3.8, 4) is 0 Å². The number of imide groups is 1. The predicted octanol–water partition coefficient (Wildman–Crippen LogP) is 1.57. The van der Waals surface area contributed by atoms with E-state index < -0.39 is 17.8 Å². The molecule has 1 N–H and O–H groups in total. The first-order chi connectivity index (χ1) is 11.0. The highest BCUT2D eigenvalue weighted by Gasteiger charge is 2.39. The molecule has 6 nitrogen and oxygen atoms in total. The summed E-state index contributed by atoms with van der Waals surface area (Å²) < 4.78 is 0. The fourth-order valence-electron chi connectivity index (χ4n) is 2.93. The van der Waals surface area contributed by atoms with E-state index in [-0.39, 0.29) is 18.9 Å². The number of carbonyl (C=O) groups excluding carboxylic acids is 2. The molecule has 2 rings (SSSR count). The molecule has 0 radical (unpaired) electrons. The normalized spacial score (nSPS) is 17.5. The fraction of sp³-hybridized carbons (Fsp3) is 0.471. The Hall–Kier alpha value is -2.21. The summed E-state index contributed by atoms with van der Waals surface area (Å²) in [6, 6.07) is 6.77. The van der Waals surface area contributed by atoms with E-state index >= 15 is 0 Å². The number of rotatable bonds is 7. The molecule has 0 bridgehead atoms. The van der Waals surface area contributed by atoms with E-state index in [1.165, 1.54) is 4.90 Å². The summed E-state index contributed by atoms with van der Waals surface area (Å²) >= 11 is 0. The first-order valence-electron chi connectivity index (χ1n) is 7.88. The van der Waals surface area contributed by atoms with E-state index in [4.69, 9.17) is 5.11 Å². The number of hydrogen-bond donors (Lipinski definition) is 1. The first-order valence-corrected chi connectivity index (χ1v) is 7.88. The highest BCUT2D eigenvalue weighted by atomic mass is 16.4. The lowest BCUT2D eigenvalue weighted by Crippen LogP contribution is -2.48. The van der Waals surface area contributed by atoms with Crippen molar-refractivity contribution in [2.24, 2.45) is 0 Å². The summed E-state index contributed by atoms with van der Waals surface area (Å²) in [5.74, 6) is -2.59. The molecule has 23 heavy (non-hydrogen) atoms. The molecule has 1 aromatic rings. The number of amides is 2. The second-order valence-electron chi connectivity index (χ2n) is 5.56. The SMILES string of the molecule is CCN(CC)CCN1C(=O)c2ccccc2C(CC(=O)O)C1=O. The van der Waals surface area contributed by atoms with Gasteiger partial charge in [0.05, 0.1) is 12.3 Å². The van der Waals surface area contributed by atoms with Gasteiger partial charge < -0.3 is 10.0 Å². The van der Waals surface area contributed by atoms with Crippen LogP contribution in [0.25, 0.3) is 0 Å². The average Bonchev–Trinajstić information content (AvgIpc) is 2.54. The zero-order valence-corrected chi connectivity index (χ0v) is 13.5. The molecule has 1 aromatic carbocycles. The van der Waals surface area contributed by atoms with Crippen molar-refractivity contribution < 1.29 is 19.5 Å². The van der Waals surface area contributed by atoms with Gasteiger partial charge in [0, 0.05) is 18.7 Å². The van der Waals surface area contributed by atoms with Crippen LogP contribution < -0.4 is 0 Å². The molecule has 0 fully saturated rings. The number of carboxylic acid groups (broad SMARTS) is 1. The van der Waals surface area contributed by atoms with Crippen LogP contribution in [0, 0.1) is 0 Å². The van der Waals surface area contributed by atoms with Crippen LogP contribution >= 0.6 is 0 Å². The second-order valence-corrected chi connectivity index (χ2v) is 5.56. The van der Waals surface area contributed by atoms with Crippen molar-refractivity contribution in [1.82, 2.24) is 9.80 Å². The van der Waals surface area contributed by atoms with Gasteiger partial charge in [-0.2, -0.15) is 0 Å². The third-order valence-corrected chi connectivity index (χ3v) is 4.29. The Bertz CT molecular complexity index is 610. The van der Waals surface area contributed by atoms with Crippen LogP contribution in [0.3, 0.4) is 0 Å². The van der Waals surface area contributed by atoms with Crippen molar-refractivity contribution >= 4 is 17.8 Å². The lowest BCUT2D eigenvalue weighted by molar-refractivity contribution is -0.141. The summed E-state index contributed by atoms with van der Waals surface area (Å²) in [7, 11) is 0. The Morgan fingerprint density at radius 2 is 1.87 bits per heavy atom. The number of benzene rings is 1. The number of fused-ring (bicyclic) bond motifs is 1. The zero-order valence-electron chi connectivity index (χ0n) is 13.5. The Morgan fingerprint density at radius 1 is 1.22 bits per heavy atom. The minimum absolute atomic E-state index is 0.282. The van der Waals surface area contributed by atoms with Crippen LogP contribution in [-0.2, 0) is 9.59 Å². The molecule has 0 spiro atoms. The Kier molecular flexibility index (Phi) is 5.50. The van der Waals surface area contributed by atoms with Crippen LogP contribution in [0.2, 0.25) is 0 Å². The smallest absolute Gasteiger partial charge is 0.304 e. The summed E-state index contributed by atoms with van der Waals surface area (Å²) in [6.45, 7) is 6.58. The third-order valence-electron chi connectivity index (χ3n) is 4.29. The molecule has 1 unspecified atom stereocenters. The van der Waals surface area contributed by atoms with Gasteiger partial charge in [0.2, 0.25) is 5.91 Å². The van der Waals surface area contributed by atoms with Gasteiger partial charge in [0.15, 0.2) is 0 Å². The summed E-state index contributed by atoms with van der Waals surface area (Å²) in [5.41, 5.74) is 0.946. The maximum Gasteiger partial charge on any atom is 0.304 e. The molecule has 1 heterocycles. The van der Waals surface area contributed by atoms with Gasteiger partial charge in [-0.15, -0.1) is 0 Å². The lowest BCUT2D eigenvalue weighted by atomic mass is 9.86. The molecule has 1 aliphatic heterocycles. The summed E-state index contributed by atoms with van der Waals surface area (Å²) in [5, 5.41) is 9.09. The van der Waals surface area contributed by atoms with Crippen molar-refractivity contribution in [1.29, 1.82) is 0 Å². The third kappa shape index (κ3) is 3.59. The maximum absolute atomic E-state index is 12.6. The van der Waals surface area contributed by atoms with Gasteiger partial charge in [-0.3, -0.25) is 19.3 Å². The van der Waals surface area contributed by atoms with Gasteiger partial charge in [-0.1, -0.05) is 32.0 Å². The van der Waals surface area contributed by atoms with Crippen LogP contribution in [0.4, 0.5) is 0 Å². The Morgan fingerprint density at radius 3 is 2.48 bits per heavy atom. The summed E-state index contributed by atoms with van der Waals surface area (Å²) in [4.78, 5) is 39.7. The van der Waals surface area contributed by atoms with E-state index in [0.29, 0.717) is 17.7 Å². The van der Waals surface area contributed by atoms with Crippen molar-refractivity contribution in [2.75, 3.05) is 26.2 Å². The van der Waals surface area contributed by atoms with Crippen LogP contribution in [0.15, 0.2) is 24.3 Å². The molecule has 0 aromatic heterocycles. The van der Waals surface area contributed by atoms with Crippen molar-refractivity contribution in [3.63, 3.8) is 0 Å². The van der Waals surface area contributed by atoms with E-state index in [2.05, 4.69) is 4.90 Å². The molecule has 124 valence electrons. The molecule has 6 heteroatoms. The fourth-order valence-corrected chi connectivity index (χ4v) is 2.93. The minimum atomic E-state index is -1.05. The minimum Gasteiger partial charge on any atom is -0.481 e. The average molecular weight is 318 g/mol. The monoisotopic (exact) mass is 318 g/mol. The lowest BCUT2D eigenvalue weighted by Gasteiger charge is -2.33. The molecule has 2 amide bonds. The highest BCUT2D eigenvalue weighted by Crippen LogP contribution is 2.31. The number of aliphatic carboxylic acids is 1. The number of carboxylic acids is 1. The molecule has 0 saturated heterocycles. The van der Waals surface area contributed by atoms with Crippen LogP contribution in [0.1, 0.15) is 42.1 Å². The van der Waals surface area contributed by atoms with Gasteiger partial charge in [0.1, 0.15) is 0 Å². The van der Waals surface area contributed by atoms with E-state index in [1.54, 1.807) is 24.3 Å². The second kappa shape index (κ2) is 7.37. The van der Waals surface area contributed by atoms with E-state index in [1.807, 2.05) is 13.8 Å². The quantitative estimate of drug-likeness (QED) is 0.772. The largest absolute Gasteiger partial charge is 0.481 e. The maximum atomic E-state index is 12.6. The number of likely N-dealkylation sites (N-methyl/N-ethyl adjacent to an activating group) is 1. The topological polar surface area (TPSA) is 77.9 Å². The highest BCUT2D eigenvalue weighted by molar-refractivity contribution is 6.12. The van der Waals surface area contributed by atoms with Crippen molar-refractivity contribution in [3.05, 3.63) is 35.4 Å². The molecule has 1 atom stereocenters. The van der Waals surface area contributed by atoms with E-state index in [0.717, 1.165) is 13.1 Å². The molecular weight excluding hydrogens is 296 g/mol.